The van der Waals surface area contributed by atoms with Crippen LogP contribution in [0, 0.1) is 5.92 Å². The maximum Gasteiger partial charge on any atom is 0.192 e. The summed E-state index contributed by atoms with van der Waals surface area (Å²) < 4.78 is 6.29. The topological polar surface area (TPSA) is 26.3 Å². The van der Waals surface area contributed by atoms with Gasteiger partial charge in [0.25, 0.3) is 0 Å². The van der Waals surface area contributed by atoms with E-state index < -0.39 is 8.32 Å². The summed E-state index contributed by atoms with van der Waals surface area (Å²) in [5.74, 6) is 0.217. The van der Waals surface area contributed by atoms with Crippen LogP contribution >= 0.6 is 0 Å². The lowest BCUT2D eigenvalue weighted by Crippen LogP contribution is -2.46. The second kappa shape index (κ2) is 4.45. The molecule has 0 heterocycles. The third-order valence-corrected chi connectivity index (χ3v) is 8.41. The zero-order valence-corrected chi connectivity index (χ0v) is 12.3. The van der Waals surface area contributed by atoms with Gasteiger partial charge in [-0.2, -0.15) is 0 Å². The largest absolute Gasteiger partial charge is 0.413 e. The maximum absolute atomic E-state index is 11.6. The van der Waals surface area contributed by atoms with E-state index in [0.29, 0.717) is 0 Å². The number of hydrogen-bond donors (Lipinski definition) is 0. The molecule has 0 unspecified atom stereocenters. The molecule has 0 aromatic carbocycles. The second-order valence-electron chi connectivity index (χ2n) is 6.25. The molecular formula is C13H24O2Si. The lowest BCUT2D eigenvalue weighted by molar-refractivity contribution is -0.121. The van der Waals surface area contributed by atoms with Gasteiger partial charge in [-0.3, -0.25) is 4.79 Å². The zero-order chi connectivity index (χ0) is 12.6. The van der Waals surface area contributed by atoms with Crippen LogP contribution in [0.15, 0.2) is 12.2 Å². The lowest BCUT2D eigenvalue weighted by atomic mass is 9.92. The van der Waals surface area contributed by atoms with Crippen molar-refractivity contribution in [2.45, 2.75) is 58.4 Å². The fraction of sp³-hybridized carbons (Fsp3) is 0.769. The van der Waals surface area contributed by atoms with Gasteiger partial charge >= 0.3 is 0 Å². The number of carbonyl (C=O) groups is 1. The minimum atomic E-state index is -1.75. The fourth-order valence-corrected chi connectivity index (χ4v) is 2.97. The molecule has 0 saturated carbocycles. The van der Waals surface area contributed by atoms with Gasteiger partial charge in [0.1, 0.15) is 0 Å². The van der Waals surface area contributed by atoms with Crippen LogP contribution in [-0.4, -0.2) is 20.2 Å². The average Bonchev–Trinajstić information content (AvgIpc) is 2.11. The molecule has 1 rings (SSSR count). The highest BCUT2D eigenvalue weighted by atomic mass is 28.4. The van der Waals surface area contributed by atoms with E-state index in [-0.39, 0.29) is 22.8 Å². The molecule has 0 spiro atoms. The second-order valence-corrected chi connectivity index (χ2v) is 11.0. The molecular weight excluding hydrogens is 216 g/mol. The molecule has 0 radical (unpaired) electrons. The van der Waals surface area contributed by atoms with Gasteiger partial charge in [0.2, 0.25) is 0 Å². The molecule has 3 heteroatoms. The van der Waals surface area contributed by atoms with E-state index >= 15 is 0 Å². The van der Waals surface area contributed by atoms with Crippen molar-refractivity contribution in [3.05, 3.63) is 12.2 Å². The maximum atomic E-state index is 11.6. The van der Waals surface area contributed by atoms with E-state index in [1.165, 1.54) is 0 Å². The molecule has 0 aliphatic heterocycles. The van der Waals surface area contributed by atoms with Crippen LogP contribution in [0.3, 0.4) is 0 Å². The SMILES string of the molecule is C[C@@H]1C(=O)C=CC[C@@H]1O[Si](C)(C)C(C)(C)C. The quantitative estimate of drug-likeness (QED) is 0.690. The Labute approximate surface area is 100 Å². The Balaban J connectivity index is 2.75. The monoisotopic (exact) mass is 240 g/mol. The van der Waals surface area contributed by atoms with E-state index in [1.807, 2.05) is 13.0 Å². The molecule has 16 heavy (non-hydrogen) atoms. The fourth-order valence-electron chi connectivity index (χ4n) is 1.56. The van der Waals surface area contributed by atoms with Crippen molar-refractivity contribution in [1.82, 2.24) is 0 Å². The normalized spacial score (nSPS) is 27.2. The highest BCUT2D eigenvalue weighted by Gasteiger charge is 2.41. The third kappa shape index (κ3) is 2.83. The first-order valence-electron chi connectivity index (χ1n) is 6.03. The minimum absolute atomic E-state index is 0.0131. The molecule has 1 aliphatic carbocycles. The molecule has 1 aliphatic rings. The summed E-state index contributed by atoms with van der Waals surface area (Å²) in [7, 11) is -1.75. The van der Waals surface area contributed by atoms with E-state index in [2.05, 4.69) is 33.9 Å². The first kappa shape index (κ1) is 13.7. The van der Waals surface area contributed by atoms with Crippen LogP contribution in [0.25, 0.3) is 0 Å². The highest BCUT2D eigenvalue weighted by molar-refractivity contribution is 6.74. The van der Waals surface area contributed by atoms with Crippen molar-refractivity contribution in [1.29, 1.82) is 0 Å². The Bertz CT molecular complexity index is 300. The van der Waals surface area contributed by atoms with Crippen molar-refractivity contribution in [3.8, 4) is 0 Å². The first-order chi connectivity index (χ1) is 7.15. The summed E-state index contributed by atoms with van der Waals surface area (Å²) in [6, 6.07) is 0. The van der Waals surface area contributed by atoms with Crippen LogP contribution in [-0.2, 0) is 9.22 Å². The third-order valence-electron chi connectivity index (χ3n) is 3.91. The summed E-state index contributed by atoms with van der Waals surface area (Å²) in [5.41, 5.74) is 0. The zero-order valence-electron chi connectivity index (χ0n) is 11.3. The van der Waals surface area contributed by atoms with Crippen LogP contribution < -0.4 is 0 Å². The van der Waals surface area contributed by atoms with Gasteiger partial charge in [0, 0.05) is 5.92 Å². The van der Waals surface area contributed by atoms with Crippen LogP contribution in [0.5, 0.6) is 0 Å². The van der Waals surface area contributed by atoms with Gasteiger partial charge in [0.05, 0.1) is 6.10 Å². The van der Waals surface area contributed by atoms with Crippen molar-refractivity contribution >= 4 is 14.1 Å². The minimum Gasteiger partial charge on any atom is -0.413 e. The smallest absolute Gasteiger partial charge is 0.192 e. The lowest BCUT2D eigenvalue weighted by Gasteiger charge is -2.41. The Morgan fingerprint density at radius 1 is 1.38 bits per heavy atom. The molecule has 2 atom stereocenters. The summed E-state index contributed by atoms with van der Waals surface area (Å²) in [6.45, 7) is 13.1. The number of carbonyl (C=O) groups excluding carboxylic acids is 1. The van der Waals surface area contributed by atoms with Gasteiger partial charge in [-0.25, -0.2) is 0 Å². The van der Waals surface area contributed by atoms with Gasteiger partial charge in [0.15, 0.2) is 14.1 Å². The predicted octanol–water partition coefficient (Wildman–Crippen LogP) is 3.54. The van der Waals surface area contributed by atoms with Gasteiger partial charge in [-0.05, 0) is 30.6 Å². The van der Waals surface area contributed by atoms with Gasteiger partial charge in [-0.15, -0.1) is 0 Å². The highest BCUT2D eigenvalue weighted by Crippen LogP contribution is 2.39. The molecule has 92 valence electrons. The van der Waals surface area contributed by atoms with Crippen molar-refractivity contribution < 1.29 is 9.22 Å². The van der Waals surface area contributed by atoms with Crippen molar-refractivity contribution in [3.63, 3.8) is 0 Å². The Morgan fingerprint density at radius 2 is 1.94 bits per heavy atom. The van der Waals surface area contributed by atoms with E-state index in [4.69, 9.17) is 4.43 Å². The number of allylic oxidation sites excluding steroid dienone is 1. The molecule has 0 fully saturated rings. The molecule has 0 aromatic rings. The summed E-state index contributed by atoms with van der Waals surface area (Å²) in [6.07, 6.45) is 4.59. The molecule has 0 aromatic heterocycles. The number of ketones is 1. The van der Waals surface area contributed by atoms with E-state index in [1.54, 1.807) is 6.08 Å². The number of rotatable bonds is 2. The predicted molar refractivity (Wildman–Crippen MR) is 70.0 cm³/mol. The standard InChI is InChI=1S/C13H24O2Si/c1-10-11(14)8-7-9-12(10)15-16(5,6)13(2,3)4/h7-8,10,12H,9H2,1-6H3/t10-,12+/m1/s1. The van der Waals surface area contributed by atoms with Crippen molar-refractivity contribution in [2.75, 3.05) is 0 Å². The Kier molecular flexibility index (Phi) is 3.80. The van der Waals surface area contributed by atoms with E-state index in [9.17, 15) is 4.79 Å². The Morgan fingerprint density at radius 3 is 2.44 bits per heavy atom. The molecule has 0 amide bonds. The van der Waals surface area contributed by atoms with Crippen LogP contribution in [0.2, 0.25) is 18.1 Å². The average molecular weight is 240 g/mol. The van der Waals surface area contributed by atoms with Gasteiger partial charge < -0.3 is 4.43 Å². The molecule has 0 bridgehead atoms. The van der Waals surface area contributed by atoms with Crippen LogP contribution in [0.1, 0.15) is 34.1 Å². The molecule has 0 saturated heterocycles. The summed E-state index contributed by atoms with van der Waals surface area (Å²) in [4.78, 5) is 11.6. The van der Waals surface area contributed by atoms with Crippen LogP contribution in [0.4, 0.5) is 0 Å². The molecule has 0 N–H and O–H groups in total. The van der Waals surface area contributed by atoms with Crippen molar-refractivity contribution in [2.24, 2.45) is 5.92 Å². The molecule has 2 nitrogen and oxygen atoms in total. The van der Waals surface area contributed by atoms with E-state index in [0.717, 1.165) is 6.42 Å². The summed E-state index contributed by atoms with van der Waals surface area (Å²) >= 11 is 0. The Hall–Kier alpha value is -0.413. The first-order valence-corrected chi connectivity index (χ1v) is 8.94. The summed E-state index contributed by atoms with van der Waals surface area (Å²) in [5, 5.41) is 0.205. The van der Waals surface area contributed by atoms with Gasteiger partial charge in [-0.1, -0.05) is 33.8 Å². The number of hydrogen-bond acceptors (Lipinski definition) is 2.